The minimum Gasteiger partial charge on any atom is -0.466 e. The summed E-state index contributed by atoms with van der Waals surface area (Å²) < 4.78 is 4.94. The van der Waals surface area contributed by atoms with Crippen molar-refractivity contribution < 1.29 is 14.3 Å². The molecule has 1 aliphatic heterocycles. The molecule has 1 aromatic rings. The van der Waals surface area contributed by atoms with Crippen molar-refractivity contribution in [3.8, 4) is 0 Å². The van der Waals surface area contributed by atoms with E-state index in [1.807, 2.05) is 35.2 Å². The summed E-state index contributed by atoms with van der Waals surface area (Å²) in [6.45, 7) is 3.00. The number of rotatable bonds is 5. The lowest BCUT2D eigenvalue weighted by molar-refractivity contribution is -0.143. The zero-order chi connectivity index (χ0) is 14.4. The molecule has 1 saturated heterocycles. The topological polar surface area (TPSA) is 46.6 Å². The van der Waals surface area contributed by atoms with Gasteiger partial charge in [-0.2, -0.15) is 0 Å². The van der Waals surface area contributed by atoms with Crippen molar-refractivity contribution in [1.82, 2.24) is 4.90 Å². The SMILES string of the molecule is CCOC(=O)CCC1CCCN1C(=O)c1ccccc1. The molecule has 0 N–H and O–H groups in total. The number of hydrogen-bond donors (Lipinski definition) is 0. The highest BCUT2D eigenvalue weighted by molar-refractivity contribution is 5.94. The Morgan fingerprint density at radius 3 is 2.75 bits per heavy atom. The van der Waals surface area contributed by atoms with Gasteiger partial charge in [-0.25, -0.2) is 0 Å². The number of likely N-dealkylation sites (tertiary alicyclic amines) is 1. The van der Waals surface area contributed by atoms with Crippen LogP contribution in [0.4, 0.5) is 0 Å². The molecule has 1 aromatic carbocycles. The highest BCUT2D eigenvalue weighted by atomic mass is 16.5. The third kappa shape index (κ3) is 3.59. The minimum atomic E-state index is -0.175. The summed E-state index contributed by atoms with van der Waals surface area (Å²) in [6, 6.07) is 9.48. The monoisotopic (exact) mass is 275 g/mol. The average molecular weight is 275 g/mol. The quantitative estimate of drug-likeness (QED) is 0.776. The first-order valence-electron chi connectivity index (χ1n) is 7.24. The molecular weight excluding hydrogens is 254 g/mol. The third-order valence-corrected chi connectivity index (χ3v) is 3.65. The number of carbonyl (C=O) groups is 2. The summed E-state index contributed by atoms with van der Waals surface area (Å²) in [7, 11) is 0. The number of hydrogen-bond acceptors (Lipinski definition) is 3. The minimum absolute atomic E-state index is 0.0666. The van der Waals surface area contributed by atoms with E-state index in [4.69, 9.17) is 4.74 Å². The van der Waals surface area contributed by atoms with Crippen LogP contribution in [0.2, 0.25) is 0 Å². The van der Waals surface area contributed by atoms with E-state index in [9.17, 15) is 9.59 Å². The zero-order valence-corrected chi connectivity index (χ0v) is 11.9. The fraction of sp³-hybridized carbons (Fsp3) is 0.500. The summed E-state index contributed by atoms with van der Waals surface area (Å²) in [5, 5.41) is 0. The standard InChI is InChI=1S/C16H21NO3/c1-2-20-15(18)11-10-14-9-6-12-17(14)16(19)13-7-4-3-5-8-13/h3-5,7-8,14H,2,6,9-12H2,1H3. The fourth-order valence-electron chi connectivity index (χ4n) is 2.67. The van der Waals surface area contributed by atoms with E-state index >= 15 is 0 Å². The van der Waals surface area contributed by atoms with Crippen molar-refractivity contribution in [3.05, 3.63) is 35.9 Å². The van der Waals surface area contributed by atoms with Crippen LogP contribution in [0.5, 0.6) is 0 Å². The van der Waals surface area contributed by atoms with E-state index in [1.165, 1.54) is 0 Å². The number of amides is 1. The number of ether oxygens (including phenoxy) is 1. The highest BCUT2D eigenvalue weighted by Gasteiger charge is 2.29. The van der Waals surface area contributed by atoms with Gasteiger partial charge in [-0.15, -0.1) is 0 Å². The maximum Gasteiger partial charge on any atom is 0.305 e. The Hall–Kier alpha value is -1.84. The molecule has 108 valence electrons. The molecule has 0 aliphatic carbocycles. The van der Waals surface area contributed by atoms with Gasteiger partial charge in [-0.05, 0) is 38.3 Å². The Kier molecular flexibility index (Phi) is 5.16. The summed E-state index contributed by atoms with van der Waals surface area (Å²) >= 11 is 0. The van der Waals surface area contributed by atoms with Gasteiger partial charge in [0.1, 0.15) is 0 Å². The van der Waals surface area contributed by atoms with Crippen molar-refractivity contribution in [2.24, 2.45) is 0 Å². The molecule has 4 heteroatoms. The molecule has 0 aromatic heterocycles. The molecule has 4 nitrogen and oxygen atoms in total. The average Bonchev–Trinajstić information content (AvgIpc) is 2.94. The van der Waals surface area contributed by atoms with Crippen LogP contribution in [-0.2, 0) is 9.53 Å². The Balaban J connectivity index is 1.94. The van der Waals surface area contributed by atoms with Gasteiger partial charge in [0.05, 0.1) is 6.61 Å². The maximum absolute atomic E-state index is 12.4. The molecule has 0 radical (unpaired) electrons. The van der Waals surface area contributed by atoms with Crippen LogP contribution in [0.25, 0.3) is 0 Å². The lowest BCUT2D eigenvalue weighted by Crippen LogP contribution is -2.35. The molecule has 1 aliphatic rings. The van der Waals surface area contributed by atoms with Gasteiger partial charge >= 0.3 is 5.97 Å². The number of carbonyl (C=O) groups excluding carboxylic acids is 2. The van der Waals surface area contributed by atoms with Crippen molar-refractivity contribution in [2.75, 3.05) is 13.2 Å². The van der Waals surface area contributed by atoms with Crippen molar-refractivity contribution >= 4 is 11.9 Å². The third-order valence-electron chi connectivity index (χ3n) is 3.65. The predicted octanol–water partition coefficient (Wildman–Crippen LogP) is 2.63. The van der Waals surface area contributed by atoms with Gasteiger partial charge in [0.2, 0.25) is 0 Å². The molecule has 1 unspecified atom stereocenters. The summed E-state index contributed by atoms with van der Waals surface area (Å²) in [5.74, 6) is -0.108. The van der Waals surface area contributed by atoms with Crippen LogP contribution in [0.1, 0.15) is 43.0 Å². The van der Waals surface area contributed by atoms with Crippen LogP contribution < -0.4 is 0 Å². The number of benzene rings is 1. The van der Waals surface area contributed by atoms with E-state index in [0.717, 1.165) is 24.9 Å². The Labute approximate surface area is 119 Å². The first-order valence-corrected chi connectivity index (χ1v) is 7.24. The van der Waals surface area contributed by atoms with Crippen LogP contribution in [-0.4, -0.2) is 36.0 Å². The van der Waals surface area contributed by atoms with E-state index in [-0.39, 0.29) is 17.9 Å². The fourth-order valence-corrected chi connectivity index (χ4v) is 2.67. The molecule has 0 saturated carbocycles. The zero-order valence-electron chi connectivity index (χ0n) is 11.9. The molecule has 2 rings (SSSR count). The molecule has 0 spiro atoms. The predicted molar refractivity (Wildman–Crippen MR) is 76.4 cm³/mol. The van der Waals surface area contributed by atoms with Gasteiger partial charge in [-0.1, -0.05) is 18.2 Å². The first-order chi connectivity index (χ1) is 9.72. The van der Waals surface area contributed by atoms with E-state index < -0.39 is 0 Å². The lowest BCUT2D eigenvalue weighted by Gasteiger charge is -2.24. The molecule has 1 heterocycles. The molecular formula is C16H21NO3. The number of nitrogens with zero attached hydrogens (tertiary/aromatic N) is 1. The summed E-state index contributed by atoms with van der Waals surface area (Å²) in [4.78, 5) is 25.8. The second-order valence-electron chi connectivity index (χ2n) is 5.00. The molecule has 1 fully saturated rings. The molecule has 20 heavy (non-hydrogen) atoms. The Morgan fingerprint density at radius 2 is 2.05 bits per heavy atom. The number of esters is 1. The molecule has 1 amide bonds. The highest BCUT2D eigenvalue weighted by Crippen LogP contribution is 2.23. The van der Waals surface area contributed by atoms with Crippen LogP contribution >= 0.6 is 0 Å². The Morgan fingerprint density at radius 1 is 1.30 bits per heavy atom. The largest absolute Gasteiger partial charge is 0.466 e. The van der Waals surface area contributed by atoms with Crippen LogP contribution in [0.15, 0.2) is 30.3 Å². The second kappa shape index (κ2) is 7.08. The normalized spacial score (nSPS) is 18.1. The molecule has 0 bridgehead atoms. The second-order valence-corrected chi connectivity index (χ2v) is 5.00. The van der Waals surface area contributed by atoms with Crippen molar-refractivity contribution in [1.29, 1.82) is 0 Å². The van der Waals surface area contributed by atoms with Crippen molar-refractivity contribution in [2.45, 2.75) is 38.6 Å². The van der Waals surface area contributed by atoms with Crippen LogP contribution in [0, 0.1) is 0 Å². The van der Waals surface area contributed by atoms with Gasteiger partial charge in [0, 0.05) is 24.6 Å². The van der Waals surface area contributed by atoms with E-state index in [0.29, 0.717) is 19.4 Å². The summed E-state index contributed by atoms with van der Waals surface area (Å²) in [5.41, 5.74) is 0.718. The van der Waals surface area contributed by atoms with E-state index in [2.05, 4.69) is 0 Å². The van der Waals surface area contributed by atoms with Crippen LogP contribution in [0.3, 0.4) is 0 Å². The maximum atomic E-state index is 12.4. The van der Waals surface area contributed by atoms with Gasteiger partial charge < -0.3 is 9.64 Å². The first kappa shape index (κ1) is 14.6. The molecule has 1 atom stereocenters. The van der Waals surface area contributed by atoms with Crippen molar-refractivity contribution in [3.63, 3.8) is 0 Å². The van der Waals surface area contributed by atoms with Gasteiger partial charge in [0.15, 0.2) is 0 Å². The van der Waals surface area contributed by atoms with Gasteiger partial charge in [0.25, 0.3) is 5.91 Å². The van der Waals surface area contributed by atoms with Gasteiger partial charge in [-0.3, -0.25) is 9.59 Å². The Bertz CT molecular complexity index is 458. The van der Waals surface area contributed by atoms with E-state index in [1.54, 1.807) is 6.92 Å². The summed E-state index contributed by atoms with van der Waals surface area (Å²) in [6.07, 6.45) is 3.05. The lowest BCUT2D eigenvalue weighted by atomic mass is 10.1. The smallest absolute Gasteiger partial charge is 0.305 e.